The van der Waals surface area contributed by atoms with E-state index in [0.717, 1.165) is 17.0 Å². The first-order chi connectivity index (χ1) is 7.79. The van der Waals surface area contributed by atoms with E-state index < -0.39 is 0 Å². The molecule has 1 aromatic rings. The van der Waals surface area contributed by atoms with Crippen LogP contribution < -0.4 is 0 Å². The number of hydrogen-bond acceptors (Lipinski definition) is 1. The minimum atomic E-state index is 0.321. The fourth-order valence-electron chi connectivity index (χ4n) is 2.38. The highest BCUT2D eigenvalue weighted by Gasteiger charge is 2.22. The second kappa shape index (κ2) is 5.83. The van der Waals surface area contributed by atoms with Crippen LogP contribution in [0.3, 0.4) is 0 Å². The second-order valence-electron chi connectivity index (χ2n) is 4.61. The van der Waals surface area contributed by atoms with Crippen LogP contribution in [-0.2, 0) is 4.74 Å². The fourth-order valence-corrected chi connectivity index (χ4v) is 2.65. The Balaban J connectivity index is 1.91. The maximum Gasteiger partial charge on any atom is 0.0825 e. The molecule has 1 fully saturated rings. The van der Waals surface area contributed by atoms with Gasteiger partial charge in [-0.25, -0.2) is 0 Å². The van der Waals surface area contributed by atoms with Gasteiger partial charge >= 0.3 is 0 Å². The van der Waals surface area contributed by atoms with Crippen molar-refractivity contribution in [1.82, 2.24) is 0 Å². The quantitative estimate of drug-likeness (QED) is 0.780. The third-order valence-electron chi connectivity index (χ3n) is 3.31. The predicted molar refractivity (Wildman–Crippen MR) is 70.5 cm³/mol. The summed E-state index contributed by atoms with van der Waals surface area (Å²) < 4.78 is 7.09. The average molecular weight is 283 g/mol. The summed E-state index contributed by atoms with van der Waals surface area (Å²) in [7, 11) is 0. The van der Waals surface area contributed by atoms with E-state index in [-0.39, 0.29) is 0 Å². The van der Waals surface area contributed by atoms with E-state index in [1.54, 1.807) is 0 Å². The van der Waals surface area contributed by atoms with Crippen molar-refractivity contribution in [1.29, 1.82) is 0 Å². The van der Waals surface area contributed by atoms with Gasteiger partial charge in [0.1, 0.15) is 0 Å². The summed E-state index contributed by atoms with van der Waals surface area (Å²) in [5.41, 5.74) is 1.32. The van der Waals surface area contributed by atoms with Gasteiger partial charge in [-0.3, -0.25) is 0 Å². The lowest BCUT2D eigenvalue weighted by atomic mass is 9.92. The van der Waals surface area contributed by atoms with E-state index in [2.05, 4.69) is 47.1 Å². The number of rotatable bonds is 3. The van der Waals surface area contributed by atoms with Gasteiger partial charge in [0.05, 0.1) is 12.7 Å². The van der Waals surface area contributed by atoms with Gasteiger partial charge in [0, 0.05) is 4.47 Å². The Hall–Kier alpha value is -0.340. The van der Waals surface area contributed by atoms with Gasteiger partial charge in [0.25, 0.3) is 0 Å². The van der Waals surface area contributed by atoms with Gasteiger partial charge in [0.2, 0.25) is 0 Å². The van der Waals surface area contributed by atoms with Crippen LogP contribution >= 0.6 is 15.9 Å². The molecule has 1 aromatic carbocycles. The summed E-state index contributed by atoms with van der Waals surface area (Å²) in [6, 6.07) is 8.51. The lowest BCUT2D eigenvalue weighted by molar-refractivity contribution is -0.0194. The molecule has 0 amide bonds. The zero-order valence-corrected chi connectivity index (χ0v) is 11.4. The molecule has 0 aliphatic carbocycles. The maximum atomic E-state index is 5.95. The van der Waals surface area contributed by atoms with Crippen LogP contribution in [0.5, 0.6) is 0 Å². The van der Waals surface area contributed by atoms with Crippen molar-refractivity contribution < 1.29 is 4.74 Å². The molecule has 2 heteroatoms. The lowest BCUT2D eigenvalue weighted by Gasteiger charge is -2.29. The molecule has 88 valence electrons. The first-order valence-corrected chi connectivity index (χ1v) is 6.96. The number of hydrogen-bond donors (Lipinski definition) is 0. The van der Waals surface area contributed by atoms with Crippen LogP contribution in [0, 0.1) is 5.92 Å². The van der Waals surface area contributed by atoms with Crippen LogP contribution in [0.25, 0.3) is 0 Å². The zero-order chi connectivity index (χ0) is 11.4. The first kappa shape index (κ1) is 12.1. The van der Waals surface area contributed by atoms with Crippen molar-refractivity contribution in [2.75, 3.05) is 6.61 Å². The lowest BCUT2D eigenvalue weighted by Crippen LogP contribution is -2.20. The van der Waals surface area contributed by atoms with E-state index in [9.17, 15) is 0 Å². The van der Waals surface area contributed by atoms with Gasteiger partial charge in [-0.2, -0.15) is 0 Å². The summed E-state index contributed by atoms with van der Waals surface area (Å²) in [5, 5.41) is 0. The Labute approximate surface area is 106 Å². The molecule has 2 rings (SSSR count). The van der Waals surface area contributed by atoms with Crippen molar-refractivity contribution in [2.45, 2.75) is 38.7 Å². The molecule has 1 aliphatic heterocycles. The standard InChI is InChI=1S/C14H19BrO/c1-2-3-11-4-9-14(16-10-11)12-5-7-13(15)8-6-12/h5-8,11,14H,2-4,9-10H2,1H3/t11-,14+/m1/s1. The fraction of sp³-hybridized carbons (Fsp3) is 0.571. The van der Waals surface area contributed by atoms with Gasteiger partial charge in [0.15, 0.2) is 0 Å². The van der Waals surface area contributed by atoms with Crippen molar-refractivity contribution in [2.24, 2.45) is 5.92 Å². The van der Waals surface area contributed by atoms with E-state index >= 15 is 0 Å². The largest absolute Gasteiger partial charge is 0.373 e. The Morgan fingerprint density at radius 2 is 2.00 bits per heavy atom. The smallest absolute Gasteiger partial charge is 0.0825 e. The van der Waals surface area contributed by atoms with Crippen molar-refractivity contribution in [3.05, 3.63) is 34.3 Å². The molecule has 0 saturated carbocycles. The topological polar surface area (TPSA) is 9.23 Å². The molecule has 1 aliphatic rings. The normalized spacial score (nSPS) is 25.6. The number of halogens is 1. The van der Waals surface area contributed by atoms with Gasteiger partial charge < -0.3 is 4.74 Å². The number of ether oxygens (including phenoxy) is 1. The minimum Gasteiger partial charge on any atom is -0.373 e. The molecular formula is C14H19BrO. The van der Waals surface area contributed by atoms with Crippen molar-refractivity contribution in [3.63, 3.8) is 0 Å². The Bertz CT molecular complexity index is 312. The Morgan fingerprint density at radius 1 is 1.25 bits per heavy atom. The summed E-state index contributed by atoms with van der Waals surface area (Å²) in [5.74, 6) is 0.789. The van der Waals surface area contributed by atoms with E-state index in [0.29, 0.717) is 6.10 Å². The SMILES string of the molecule is CCC[C@@H]1CC[C@@H](c2ccc(Br)cc2)OC1. The number of benzene rings is 1. The van der Waals surface area contributed by atoms with Gasteiger partial charge in [-0.1, -0.05) is 41.4 Å². The summed E-state index contributed by atoms with van der Waals surface area (Å²) in [6.07, 6.45) is 5.39. The molecule has 1 nitrogen and oxygen atoms in total. The minimum absolute atomic E-state index is 0.321. The van der Waals surface area contributed by atoms with Gasteiger partial charge in [-0.05, 0) is 42.9 Å². The monoisotopic (exact) mass is 282 g/mol. The molecule has 1 saturated heterocycles. The highest BCUT2D eigenvalue weighted by molar-refractivity contribution is 9.10. The van der Waals surface area contributed by atoms with E-state index in [4.69, 9.17) is 4.74 Å². The first-order valence-electron chi connectivity index (χ1n) is 6.16. The summed E-state index contributed by atoms with van der Waals surface area (Å²) >= 11 is 3.46. The highest BCUT2D eigenvalue weighted by atomic mass is 79.9. The molecular weight excluding hydrogens is 264 g/mol. The Kier molecular flexibility index (Phi) is 4.42. The molecule has 0 spiro atoms. The van der Waals surface area contributed by atoms with Crippen LogP contribution in [0.2, 0.25) is 0 Å². The molecule has 16 heavy (non-hydrogen) atoms. The highest BCUT2D eigenvalue weighted by Crippen LogP contribution is 2.32. The molecule has 0 aromatic heterocycles. The van der Waals surface area contributed by atoms with Crippen LogP contribution in [0.4, 0.5) is 0 Å². The molecule has 2 atom stereocenters. The average Bonchev–Trinajstić information content (AvgIpc) is 2.32. The molecule has 0 bridgehead atoms. The van der Waals surface area contributed by atoms with E-state index in [1.807, 2.05) is 0 Å². The van der Waals surface area contributed by atoms with Crippen molar-refractivity contribution in [3.8, 4) is 0 Å². The third-order valence-corrected chi connectivity index (χ3v) is 3.84. The molecule has 0 N–H and O–H groups in total. The van der Waals surface area contributed by atoms with E-state index in [1.165, 1.54) is 31.2 Å². The maximum absolute atomic E-state index is 5.95. The van der Waals surface area contributed by atoms with Crippen LogP contribution in [0.1, 0.15) is 44.3 Å². The Morgan fingerprint density at radius 3 is 2.56 bits per heavy atom. The van der Waals surface area contributed by atoms with Crippen molar-refractivity contribution >= 4 is 15.9 Å². The summed E-state index contributed by atoms with van der Waals surface area (Å²) in [4.78, 5) is 0. The predicted octanol–water partition coefficient (Wildman–Crippen LogP) is 4.72. The zero-order valence-electron chi connectivity index (χ0n) is 9.79. The molecule has 1 heterocycles. The summed E-state index contributed by atoms with van der Waals surface area (Å²) in [6.45, 7) is 3.19. The van der Waals surface area contributed by atoms with Gasteiger partial charge in [-0.15, -0.1) is 0 Å². The molecule has 0 unspecified atom stereocenters. The molecule has 0 radical (unpaired) electrons. The van der Waals surface area contributed by atoms with Crippen LogP contribution in [0.15, 0.2) is 28.7 Å². The van der Waals surface area contributed by atoms with Crippen LogP contribution in [-0.4, -0.2) is 6.61 Å². The second-order valence-corrected chi connectivity index (χ2v) is 5.52. The third kappa shape index (κ3) is 3.08.